The largest absolute Gasteiger partial charge is 0.484 e. The van der Waals surface area contributed by atoms with Crippen LogP contribution in [0.3, 0.4) is 0 Å². The Morgan fingerprint density at radius 3 is 2.18 bits per heavy atom. The highest BCUT2D eigenvalue weighted by molar-refractivity contribution is 7.97. The second kappa shape index (κ2) is 5.21. The molecule has 1 aliphatic rings. The van der Waals surface area contributed by atoms with Crippen LogP contribution in [0.15, 0.2) is 29.2 Å². The lowest BCUT2D eigenvalue weighted by Crippen LogP contribution is -2.19. The minimum Gasteiger partial charge on any atom is -0.484 e. The summed E-state index contributed by atoms with van der Waals surface area (Å²) < 4.78 is 40.5. The Bertz CT molecular complexity index is 355. The van der Waals surface area contributed by atoms with E-state index in [2.05, 4.69) is 4.74 Å². The molecule has 1 fully saturated rings. The van der Waals surface area contributed by atoms with Crippen molar-refractivity contribution in [2.75, 3.05) is 18.1 Å². The summed E-state index contributed by atoms with van der Waals surface area (Å²) in [7, 11) is 0.302. The summed E-state index contributed by atoms with van der Waals surface area (Å²) in [6, 6.07) is 7.04. The molecule has 0 aromatic heterocycles. The Kier molecular flexibility index (Phi) is 3.86. The van der Waals surface area contributed by atoms with E-state index in [0.717, 1.165) is 0 Å². The third kappa shape index (κ3) is 3.84. The van der Waals surface area contributed by atoms with E-state index in [1.807, 2.05) is 12.1 Å². The molecule has 1 aliphatic heterocycles. The zero-order valence-electron chi connectivity index (χ0n) is 9.30. The maximum atomic E-state index is 11.9. The minimum absolute atomic E-state index is 0.286. The van der Waals surface area contributed by atoms with Gasteiger partial charge in [0.05, 0.1) is 0 Å². The van der Waals surface area contributed by atoms with Crippen molar-refractivity contribution in [2.24, 2.45) is 0 Å². The number of hydrogen-bond acceptors (Lipinski definition) is 1. The van der Waals surface area contributed by atoms with Gasteiger partial charge in [-0.3, -0.25) is 0 Å². The Morgan fingerprint density at radius 1 is 1.06 bits per heavy atom. The lowest BCUT2D eigenvalue weighted by Gasteiger charge is -2.09. The topological polar surface area (TPSA) is 9.23 Å². The predicted octanol–water partition coefficient (Wildman–Crippen LogP) is 3.40. The molecule has 0 amide bonds. The molecule has 1 aromatic rings. The average Bonchev–Trinajstić information content (AvgIpc) is 2.79. The second-order valence-corrected chi connectivity index (χ2v) is 6.26. The number of hydrogen-bond donors (Lipinski definition) is 0. The van der Waals surface area contributed by atoms with Gasteiger partial charge in [0.1, 0.15) is 17.3 Å². The van der Waals surface area contributed by atoms with Gasteiger partial charge in [-0.25, -0.2) is 0 Å². The van der Waals surface area contributed by atoms with Gasteiger partial charge in [-0.15, -0.1) is 0 Å². The predicted molar refractivity (Wildman–Crippen MR) is 62.6 cm³/mol. The Hall–Kier alpha value is -0.840. The molecule has 17 heavy (non-hydrogen) atoms. The van der Waals surface area contributed by atoms with Crippen LogP contribution in [0.1, 0.15) is 12.8 Å². The maximum Gasteiger partial charge on any atom is 0.422 e. The van der Waals surface area contributed by atoms with Gasteiger partial charge in [-0.2, -0.15) is 13.2 Å². The van der Waals surface area contributed by atoms with Gasteiger partial charge in [0.2, 0.25) is 0 Å². The molecule has 1 nitrogen and oxygen atoms in total. The highest BCUT2D eigenvalue weighted by Gasteiger charge is 2.29. The van der Waals surface area contributed by atoms with Gasteiger partial charge in [0.15, 0.2) is 11.5 Å². The minimum atomic E-state index is -4.27. The normalized spacial score (nSPS) is 17.4. The highest BCUT2D eigenvalue weighted by atomic mass is 32.2. The van der Waals surface area contributed by atoms with Crippen molar-refractivity contribution in [2.45, 2.75) is 23.9 Å². The van der Waals surface area contributed by atoms with E-state index >= 15 is 0 Å². The standard InChI is InChI=1S/C12H14F3OS/c13-12(14,15)9-16-10-3-5-11(6-4-10)17-7-1-2-8-17/h3-6H,1-2,7-9H2/q+1. The summed E-state index contributed by atoms with van der Waals surface area (Å²) in [6.07, 6.45) is -1.75. The molecule has 1 saturated heterocycles. The molecule has 5 heteroatoms. The third-order valence-electron chi connectivity index (χ3n) is 2.59. The fraction of sp³-hybridized carbons (Fsp3) is 0.500. The molecular formula is C12H14F3OS+. The molecule has 0 spiro atoms. The van der Waals surface area contributed by atoms with Crippen LogP contribution >= 0.6 is 0 Å². The number of rotatable bonds is 3. The van der Waals surface area contributed by atoms with Crippen molar-refractivity contribution < 1.29 is 17.9 Å². The summed E-state index contributed by atoms with van der Waals surface area (Å²) in [5, 5.41) is 0. The van der Waals surface area contributed by atoms with E-state index in [-0.39, 0.29) is 5.75 Å². The second-order valence-electron chi connectivity index (χ2n) is 3.98. The van der Waals surface area contributed by atoms with Gasteiger partial charge in [-0.05, 0) is 37.1 Å². The molecule has 0 unspecified atom stereocenters. The smallest absolute Gasteiger partial charge is 0.422 e. The van der Waals surface area contributed by atoms with Crippen LogP contribution in [0.25, 0.3) is 0 Å². The fourth-order valence-corrected chi connectivity index (χ4v) is 4.09. The summed E-state index contributed by atoms with van der Waals surface area (Å²) in [5.74, 6) is 2.71. The highest BCUT2D eigenvalue weighted by Crippen LogP contribution is 2.25. The Morgan fingerprint density at radius 2 is 1.65 bits per heavy atom. The first-order valence-corrected chi connectivity index (χ1v) is 7.08. The molecule has 1 aromatic carbocycles. The third-order valence-corrected chi connectivity index (χ3v) is 5.09. The zero-order valence-corrected chi connectivity index (χ0v) is 10.1. The van der Waals surface area contributed by atoms with E-state index in [0.29, 0.717) is 10.9 Å². The SMILES string of the molecule is FC(F)(F)COc1ccc([S+]2CCCC2)cc1. The van der Waals surface area contributed by atoms with E-state index in [9.17, 15) is 13.2 Å². The van der Waals surface area contributed by atoms with Crippen molar-refractivity contribution in [3.05, 3.63) is 24.3 Å². The molecule has 0 N–H and O–H groups in total. The Labute approximate surface area is 101 Å². The number of alkyl halides is 3. The van der Waals surface area contributed by atoms with E-state index in [1.165, 1.54) is 29.2 Å². The first kappa shape index (κ1) is 12.6. The van der Waals surface area contributed by atoms with Gasteiger partial charge >= 0.3 is 6.18 Å². The molecule has 0 radical (unpaired) electrons. The fourth-order valence-electron chi connectivity index (χ4n) is 1.78. The Balaban J connectivity index is 1.93. The molecule has 2 rings (SSSR count). The van der Waals surface area contributed by atoms with Crippen LogP contribution in [0.5, 0.6) is 5.75 Å². The van der Waals surface area contributed by atoms with Gasteiger partial charge in [0, 0.05) is 10.9 Å². The molecular weight excluding hydrogens is 249 g/mol. The monoisotopic (exact) mass is 263 g/mol. The number of halogens is 3. The van der Waals surface area contributed by atoms with Gasteiger partial charge < -0.3 is 4.74 Å². The molecule has 94 valence electrons. The summed E-state index contributed by atoms with van der Waals surface area (Å²) in [5.41, 5.74) is 0. The molecule has 1 heterocycles. The summed E-state index contributed by atoms with van der Waals surface area (Å²) in [6.45, 7) is -1.22. The van der Waals surface area contributed by atoms with Crippen LogP contribution in [0, 0.1) is 0 Å². The molecule has 0 bridgehead atoms. The molecule has 0 atom stereocenters. The van der Waals surface area contributed by atoms with Crippen molar-refractivity contribution >= 4 is 10.9 Å². The molecule has 0 aliphatic carbocycles. The first-order valence-electron chi connectivity index (χ1n) is 5.52. The zero-order chi connectivity index (χ0) is 12.3. The van der Waals surface area contributed by atoms with Crippen LogP contribution < -0.4 is 4.74 Å². The van der Waals surface area contributed by atoms with Crippen LogP contribution in [0.2, 0.25) is 0 Å². The van der Waals surface area contributed by atoms with Crippen molar-refractivity contribution in [3.63, 3.8) is 0 Å². The summed E-state index contributed by atoms with van der Waals surface area (Å²) >= 11 is 0. The number of ether oxygens (including phenoxy) is 1. The maximum absolute atomic E-state index is 11.9. The average molecular weight is 263 g/mol. The van der Waals surface area contributed by atoms with Crippen LogP contribution in [-0.2, 0) is 10.9 Å². The van der Waals surface area contributed by atoms with Gasteiger partial charge in [0.25, 0.3) is 0 Å². The quantitative estimate of drug-likeness (QED) is 0.759. The lowest BCUT2D eigenvalue weighted by molar-refractivity contribution is -0.153. The summed E-state index contributed by atoms with van der Waals surface area (Å²) in [4.78, 5) is 1.24. The number of benzene rings is 1. The van der Waals surface area contributed by atoms with Crippen molar-refractivity contribution in [3.8, 4) is 5.75 Å². The van der Waals surface area contributed by atoms with E-state index in [4.69, 9.17) is 0 Å². The van der Waals surface area contributed by atoms with Gasteiger partial charge in [-0.1, -0.05) is 0 Å². The van der Waals surface area contributed by atoms with Crippen molar-refractivity contribution in [1.29, 1.82) is 0 Å². The lowest BCUT2D eigenvalue weighted by atomic mass is 10.3. The van der Waals surface area contributed by atoms with Crippen molar-refractivity contribution in [1.82, 2.24) is 0 Å². The van der Waals surface area contributed by atoms with E-state index < -0.39 is 12.8 Å². The van der Waals surface area contributed by atoms with E-state index in [1.54, 1.807) is 12.1 Å². The van der Waals surface area contributed by atoms with Crippen LogP contribution in [0.4, 0.5) is 13.2 Å². The molecule has 0 saturated carbocycles. The van der Waals surface area contributed by atoms with Crippen LogP contribution in [-0.4, -0.2) is 24.3 Å². The first-order chi connectivity index (χ1) is 8.04.